The quantitative estimate of drug-likeness (QED) is 0.734. The van der Waals surface area contributed by atoms with Crippen LogP contribution < -0.4 is 5.73 Å². The highest BCUT2D eigenvalue weighted by Gasteiger charge is 2.23. The van der Waals surface area contributed by atoms with Crippen LogP contribution in [0.15, 0.2) is 0 Å². The van der Waals surface area contributed by atoms with Gasteiger partial charge >= 0.3 is 6.09 Å². The van der Waals surface area contributed by atoms with Crippen molar-refractivity contribution < 1.29 is 9.53 Å². The van der Waals surface area contributed by atoms with E-state index in [1.54, 1.807) is 11.8 Å². The van der Waals surface area contributed by atoms with Gasteiger partial charge in [-0.25, -0.2) is 4.79 Å². The monoisotopic (exact) mass is 202 g/mol. The molecule has 0 aliphatic carbocycles. The first kappa shape index (κ1) is 13.2. The second-order valence-electron chi connectivity index (χ2n) is 4.08. The van der Waals surface area contributed by atoms with E-state index in [1.807, 2.05) is 20.8 Å². The molecule has 0 fully saturated rings. The summed E-state index contributed by atoms with van der Waals surface area (Å²) in [6.07, 6.45) is -0.253. The maximum absolute atomic E-state index is 11.4. The molecule has 0 saturated carbocycles. The molecule has 0 aromatic rings. The molecule has 0 aromatic heterocycles. The predicted molar refractivity (Wildman–Crippen MR) is 57.1 cm³/mol. The minimum Gasteiger partial charge on any atom is -0.450 e. The number of nitrogens with two attached hydrogens (primary N) is 1. The van der Waals surface area contributed by atoms with Gasteiger partial charge in [-0.05, 0) is 25.8 Å². The van der Waals surface area contributed by atoms with Crippen LogP contribution in [0.1, 0.15) is 27.7 Å². The van der Waals surface area contributed by atoms with E-state index in [-0.39, 0.29) is 11.5 Å². The summed E-state index contributed by atoms with van der Waals surface area (Å²) < 4.78 is 4.93. The number of hydrogen-bond acceptors (Lipinski definition) is 3. The maximum Gasteiger partial charge on any atom is 0.409 e. The van der Waals surface area contributed by atoms with Crippen molar-refractivity contribution in [3.05, 3.63) is 0 Å². The molecule has 0 aliphatic heterocycles. The van der Waals surface area contributed by atoms with Gasteiger partial charge in [-0.1, -0.05) is 13.8 Å². The number of amides is 1. The van der Waals surface area contributed by atoms with Crippen molar-refractivity contribution in [1.82, 2.24) is 4.90 Å². The standard InChI is InChI=1S/C10H22N2O2/c1-5-12(9(13)14-6-2)8-10(3,4)7-11/h5-8,11H2,1-4H3. The molecule has 0 bridgehead atoms. The van der Waals surface area contributed by atoms with Crippen LogP contribution in [0.25, 0.3) is 0 Å². The highest BCUT2D eigenvalue weighted by Crippen LogP contribution is 2.15. The fourth-order valence-electron chi connectivity index (χ4n) is 1.10. The molecule has 1 amide bonds. The number of carbonyl (C=O) groups excluding carboxylic acids is 1. The van der Waals surface area contributed by atoms with E-state index in [0.29, 0.717) is 26.2 Å². The Morgan fingerprint density at radius 1 is 1.43 bits per heavy atom. The van der Waals surface area contributed by atoms with Gasteiger partial charge in [0, 0.05) is 13.1 Å². The third-order valence-electron chi connectivity index (χ3n) is 2.08. The lowest BCUT2D eigenvalue weighted by Gasteiger charge is -2.30. The van der Waals surface area contributed by atoms with Crippen LogP contribution in [-0.2, 0) is 4.74 Å². The summed E-state index contributed by atoms with van der Waals surface area (Å²) in [5.41, 5.74) is 5.55. The fraction of sp³-hybridized carbons (Fsp3) is 0.900. The Labute approximate surface area is 86.4 Å². The van der Waals surface area contributed by atoms with Gasteiger partial charge in [-0.15, -0.1) is 0 Å². The summed E-state index contributed by atoms with van der Waals surface area (Å²) in [6, 6.07) is 0. The molecule has 0 radical (unpaired) electrons. The zero-order chi connectivity index (χ0) is 11.2. The molecular formula is C10H22N2O2. The van der Waals surface area contributed by atoms with Crippen molar-refractivity contribution in [3.8, 4) is 0 Å². The van der Waals surface area contributed by atoms with Crippen LogP contribution in [0.2, 0.25) is 0 Å². The number of rotatable bonds is 5. The molecule has 0 aromatic carbocycles. The van der Waals surface area contributed by atoms with Gasteiger partial charge in [0.05, 0.1) is 6.61 Å². The smallest absolute Gasteiger partial charge is 0.409 e. The number of nitrogens with zero attached hydrogens (tertiary/aromatic N) is 1. The number of carbonyl (C=O) groups is 1. The molecule has 4 heteroatoms. The van der Waals surface area contributed by atoms with Crippen molar-refractivity contribution >= 4 is 6.09 Å². The number of hydrogen-bond donors (Lipinski definition) is 1. The lowest BCUT2D eigenvalue weighted by atomic mass is 9.93. The summed E-state index contributed by atoms with van der Waals surface area (Å²) in [7, 11) is 0. The average Bonchev–Trinajstić information content (AvgIpc) is 2.14. The first-order valence-electron chi connectivity index (χ1n) is 5.08. The van der Waals surface area contributed by atoms with Crippen molar-refractivity contribution in [2.45, 2.75) is 27.7 Å². The van der Waals surface area contributed by atoms with Crippen molar-refractivity contribution in [3.63, 3.8) is 0 Å². The molecule has 0 atom stereocenters. The SMILES string of the molecule is CCOC(=O)N(CC)CC(C)(C)CN. The van der Waals surface area contributed by atoms with E-state index >= 15 is 0 Å². The van der Waals surface area contributed by atoms with E-state index in [1.165, 1.54) is 0 Å². The Morgan fingerprint density at radius 2 is 2.00 bits per heavy atom. The molecular weight excluding hydrogens is 180 g/mol. The normalized spacial score (nSPS) is 11.2. The van der Waals surface area contributed by atoms with E-state index in [2.05, 4.69) is 0 Å². The Kier molecular flexibility index (Phi) is 5.53. The topological polar surface area (TPSA) is 55.6 Å². The highest BCUT2D eigenvalue weighted by molar-refractivity contribution is 5.67. The average molecular weight is 202 g/mol. The summed E-state index contributed by atoms with van der Waals surface area (Å²) in [5, 5.41) is 0. The Morgan fingerprint density at radius 3 is 2.36 bits per heavy atom. The Bertz CT molecular complexity index is 181. The van der Waals surface area contributed by atoms with E-state index in [4.69, 9.17) is 10.5 Å². The number of ether oxygens (including phenoxy) is 1. The van der Waals surface area contributed by atoms with Crippen molar-refractivity contribution in [2.24, 2.45) is 11.1 Å². The molecule has 0 rings (SSSR count). The molecule has 84 valence electrons. The van der Waals surface area contributed by atoms with Crippen molar-refractivity contribution in [1.29, 1.82) is 0 Å². The molecule has 2 N–H and O–H groups in total. The van der Waals surface area contributed by atoms with Crippen LogP contribution in [0, 0.1) is 5.41 Å². The lowest BCUT2D eigenvalue weighted by Crippen LogP contribution is -2.42. The third kappa shape index (κ3) is 4.46. The minimum absolute atomic E-state index is 0.0528. The molecule has 0 unspecified atom stereocenters. The summed E-state index contributed by atoms with van der Waals surface area (Å²) in [4.78, 5) is 13.1. The zero-order valence-corrected chi connectivity index (χ0v) is 9.67. The first-order chi connectivity index (χ1) is 6.46. The molecule has 0 heterocycles. The maximum atomic E-state index is 11.4. The van der Waals surface area contributed by atoms with Gasteiger partial charge in [0.25, 0.3) is 0 Å². The zero-order valence-electron chi connectivity index (χ0n) is 9.67. The molecule has 0 aliphatic rings. The molecule has 0 spiro atoms. The van der Waals surface area contributed by atoms with Gasteiger partial charge in [-0.2, -0.15) is 0 Å². The van der Waals surface area contributed by atoms with Gasteiger partial charge in [0.1, 0.15) is 0 Å². The third-order valence-corrected chi connectivity index (χ3v) is 2.08. The second kappa shape index (κ2) is 5.86. The summed E-state index contributed by atoms with van der Waals surface area (Å²) in [6.45, 7) is 10.1. The van der Waals surface area contributed by atoms with E-state index in [0.717, 1.165) is 0 Å². The Balaban J connectivity index is 4.21. The van der Waals surface area contributed by atoms with Crippen LogP contribution in [-0.4, -0.2) is 37.2 Å². The Hall–Kier alpha value is -0.770. The lowest BCUT2D eigenvalue weighted by molar-refractivity contribution is 0.0940. The minimum atomic E-state index is -0.253. The molecule has 0 saturated heterocycles. The highest BCUT2D eigenvalue weighted by atomic mass is 16.6. The van der Waals surface area contributed by atoms with E-state index in [9.17, 15) is 4.79 Å². The van der Waals surface area contributed by atoms with Crippen LogP contribution in [0.4, 0.5) is 4.79 Å². The molecule has 14 heavy (non-hydrogen) atoms. The predicted octanol–water partition coefficient (Wildman–Crippen LogP) is 1.45. The van der Waals surface area contributed by atoms with Gasteiger partial charge in [0.15, 0.2) is 0 Å². The van der Waals surface area contributed by atoms with Crippen LogP contribution in [0.5, 0.6) is 0 Å². The van der Waals surface area contributed by atoms with Gasteiger partial charge < -0.3 is 15.4 Å². The van der Waals surface area contributed by atoms with Crippen LogP contribution >= 0.6 is 0 Å². The summed E-state index contributed by atoms with van der Waals surface area (Å²) in [5.74, 6) is 0. The van der Waals surface area contributed by atoms with Gasteiger partial charge in [-0.3, -0.25) is 0 Å². The van der Waals surface area contributed by atoms with Gasteiger partial charge in [0.2, 0.25) is 0 Å². The first-order valence-corrected chi connectivity index (χ1v) is 5.08. The summed E-state index contributed by atoms with van der Waals surface area (Å²) >= 11 is 0. The second-order valence-corrected chi connectivity index (χ2v) is 4.08. The van der Waals surface area contributed by atoms with Crippen molar-refractivity contribution in [2.75, 3.05) is 26.2 Å². The van der Waals surface area contributed by atoms with E-state index < -0.39 is 0 Å². The largest absolute Gasteiger partial charge is 0.450 e. The fourth-order valence-corrected chi connectivity index (χ4v) is 1.10. The molecule has 4 nitrogen and oxygen atoms in total. The van der Waals surface area contributed by atoms with Crippen LogP contribution in [0.3, 0.4) is 0 Å².